The van der Waals surface area contributed by atoms with Crippen molar-refractivity contribution >= 4 is 23.5 Å². The maximum Gasteiger partial charge on any atom is 0.231 e. The predicted octanol–water partition coefficient (Wildman–Crippen LogP) is 5.86. The van der Waals surface area contributed by atoms with E-state index in [-0.39, 0.29) is 11.5 Å². The fourth-order valence-electron chi connectivity index (χ4n) is 3.46. The molecular formula is C25H21ClO5. The minimum absolute atomic E-state index is 0.194. The van der Waals surface area contributed by atoms with Gasteiger partial charge < -0.3 is 18.9 Å². The van der Waals surface area contributed by atoms with Crippen LogP contribution in [-0.2, 0) is 6.61 Å². The van der Waals surface area contributed by atoms with Crippen LogP contribution in [0.15, 0.2) is 60.4 Å². The Bertz CT molecular complexity index is 1180. The number of benzene rings is 3. The summed E-state index contributed by atoms with van der Waals surface area (Å²) in [5.41, 5.74) is 2.81. The molecule has 158 valence electrons. The van der Waals surface area contributed by atoms with Crippen molar-refractivity contribution in [3.63, 3.8) is 0 Å². The number of hydrogen-bond donors (Lipinski definition) is 0. The maximum atomic E-state index is 12.9. The van der Waals surface area contributed by atoms with E-state index in [2.05, 4.69) is 0 Å². The molecule has 0 atom stereocenters. The van der Waals surface area contributed by atoms with Crippen LogP contribution in [0.4, 0.5) is 0 Å². The number of hydrogen-bond acceptors (Lipinski definition) is 5. The fourth-order valence-corrected chi connectivity index (χ4v) is 3.65. The fraction of sp³-hybridized carbons (Fsp3) is 0.160. The standard InChI is InChI=1S/C25H21ClO5/c1-15-20(30-14-17-7-4-5-9-19(17)26)12-11-18-23(27)22(31-24(15)18)13-16-8-6-10-21(28-2)25(16)29-3/h4-13H,14H2,1-3H3/b22-13-. The highest BCUT2D eigenvalue weighted by atomic mass is 35.5. The molecule has 0 fully saturated rings. The molecule has 31 heavy (non-hydrogen) atoms. The van der Waals surface area contributed by atoms with Crippen molar-refractivity contribution in [2.24, 2.45) is 0 Å². The lowest BCUT2D eigenvalue weighted by atomic mass is 10.1. The second-order valence-corrected chi connectivity index (χ2v) is 7.38. The lowest BCUT2D eigenvalue weighted by Gasteiger charge is -2.12. The molecule has 6 heteroatoms. The van der Waals surface area contributed by atoms with Gasteiger partial charge in [-0.05, 0) is 37.3 Å². The molecule has 0 bridgehead atoms. The number of methoxy groups -OCH3 is 2. The van der Waals surface area contributed by atoms with Crippen molar-refractivity contribution in [3.8, 4) is 23.0 Å². The van der Waals surface area contributed by atoms with Crippen LogP contribution < -0.4 is 18.9 Å². The van der Waals surface area contributed by atoms with E-state index < -0.39 is 0 Å². The summed E-state index contributed by atoms with van der Waals surface area (Å²) in [7, 11) is 3.12. The van der Waals surface area contributed by atoms with Crippen molar-refractivity contribution in [1.82, 2.24) is 0 Å². The third-order valence-corrected chi connectivity index (χ3v) is 5.47. The quantitative estimate of drug-likeness (QED) is 0.453. The summed E-state index contributed by atoms with van der Waals surface area (Å²) in [4.78, 5) is 12.9. The van der Waals surface area contributed by atoms with Gasteiger partial charge in [0.1, 0.15) is 18.1 Å². The molecule has 0 saturated heterocycles. The first-order valence-corrected chi connectivity index (χ1v) is 10.1. The highest BCUT2D eigenvalue weighted by Crippen LogP contribution is 2.41. The molecule has 5 nitrogen and oxygen atoms in total. The summed E-state index contributed by atoms with van der Waals surface area (Å²) in [5.74, 6) is 2.26. The zero-order chi connectivity index (χ0) is 22.0. The molecule has 1 heterocycles. The first-order chi connectivity index (χ1) is 15.0. The zero-order valence-electron chi connectivity index (χ0n) is 17.4. The van der Waals surface area contributed by atoms with E-state index in [1.54, 1.807) is 38.5 Å². The molecule has 0 saturated carbocycles. The number of halogens is 1. The number of para-hydroxylation sites is 1. The van der Waals surface area contributed by atoms with E-state index >= 15 is 0 Å². The van der Waals surface area contributed by atoms with Gasteiger partial charge >= 0.3 is 0 Å². The minimum atomic E-state index is -0.194. The van der Waals surface area contributed by atoms with E-state index in [1.807, 2.05) is 43.3 Å². The zero-order valence-corrected chi connectivity index (χ0v) is 18.2. The Morgan fingerprint density at radius 3 is 2.52 bits per heavy atom. The van der Waals surface area contributed by atoms with Crippen molar-refractivity contribution < 1.29 is 23.7 Å². The highest BCUT2D eigenvalue weighted by Gasteiger charge is 2.30. The van der Waals surface area contributed by atoms with Gasteiger partial charge in [0.15, 0.2) is 17.3 Å². The highest BCUT2D eigenvalue weighted by molar-refractivity contribution is 6.31. The van der Waals surface area contributed by atoms with E-state index in [1.165, 1.54) is 0 Å². The smallest absolute Gasteiger partial charge is 0.231 e. The van der Waals surface area contributed by atoms with E-state index in [9.17, 15) is 4.79 Å². The van der Waals surface area contributed by atoms with Gasteiger partial charge in [-0.25, -0.2) is 0 Å². The molecular weight excluding hydrogens is 416 g/mol. The van der Waals surface area contributed by atoms with Crippen LogP contribution in [0.1, 0.15) is 27.0 Å². The van der Waals surface area contributed by atoms with Gasteiger partial charge in [-0.1, -0.05) is 41.9 Å². The van der Waals surface area contributed by atoms with Crippen LogP contribution in [0.5, 0.6) is 23.0 Å². The molecule has 4 rings (SSSR count). The van der Waals surface area contributed by atoms with Gasteiger partial charge in [-0.3, -0.25) is 4.79 Å². The molecule has 0 spiro atoms. The number of ketones is 1. The molecule has 3 aromatic rings. The van der Waals surface area contributed by atoms with Crippen molar-refractivity contribution in [1.29, 1.82) is 0 Å². The summed E-state index contributed by atoms with van der Waals surface area (Å²) in [5, 5.41) is 0.644. The summed E-state index contributed by atoms with van der Waals surface area (Å²) in [6, 6.07) is 16.5. The van der Waals surface area contributed by atoms with E-state index in [0.717, 1.165) is 11.1 Å². The monoisotopic (exact) mass is 436 g/mol. The molecule has 3 aromatic carbocycles. The molecule has 0 radical (unpaired) electrons. The molecule has 1 aliphatic heterocycles. The van der Waals surface area contributed by atoms with Gasteiger partial charge in [0, 0.05) is 21.7 Å². The average Bonchev–Trinajstić information content (AvgIpc) is 3.10. The molecule has 0 unspecified atom stereocenters. The summed E-state index contributed by atoms with van der Waals surface area (Å²) in [6.07, 6.45) is 1.66. The molecule has 0 amide bonds. The predicted molar refractivity (Wildman–Crippen MR) is 119 cm³/mol. The van der Waals surface area contributed by atoms with Crippen LogP contribution in [0.2, 0.25) is 5.02 Å². The molecule has 0 aliphatic carbocycles. The average molecular weight is 437 g/mol. The van der Waals surface area contributed by atoms with Crippen LogP contribution in [0.25, 0.3) is 6.08 Å². The van der Waals surface area contributed by atoms with Gasteiger partial charge in [0.05, 0.1) is 19.8 Å². The summed E-state index contributed by atoms with van der Waals surface area (Å²) < 4.78 is 22.7. The molecule has 1 aliphatic rings. The minimum Gasteiger partial charge on any atom is -0.493 e. The third kappa shape index (κ3) is 3.97. The lowest BCUT2D eigenvalue weighted by Crippen LogP contribution is -1.99. The number of carbonyl (C=O) groups is 1. The Balaban J connectivity index is 1.62. The normalized spacial score (nSPS) is 13.7. The first kappa shape index (κ1) is 20.8. The maximum absolute atomic E-state index is 12.9. The Morgan fingerprint density at radius 2 is 1.77 bits per heavy atom. The van der Waals surface area contributed by atoms with E-state index in [4.69, 9.17) is 30.5 Å². The lowest BCUT2D eigenvalue weighted by molar-refractivity contribution is 0.101. The van der Waals surface area contributed by atoms with Crippen LogP contribution >= 0.6 is 11.6 Å². The number of allylic oxidation sites excluding steroid dienone is 1. The van der Waals surface area contributed by atoms with Gasteiger partial charge in [0.25, 0.3) is 0 Å². The second-order valence-electron chi connectivity index (χ2n) is 6.97. The van der Waals surface area contributed by atoms with Crippen molar-refractivity contribution in [2.45, 2.75) is 13.5 Å². The van der Waals surface area contributed by atoms with Crippen LogP contribution in [0, 0.1) is 6.92 Å². The Labute approximate surface area is 185 Å². The Kier molecular flexibility index (Phi) is 5.87. The molecule has 0 aromatic heterocycles. The number of carbonyl (C=O) groups excluding carboxylic acids is 1. The molecule has 0 N–H and O–H groups in total. The second kappa shape index (κ2) is 8.74. The topological polar surface area (TPSA) is 54.0 Å². The van der Waals surface area contributed by atoms with Gasteiger partial charge in [-0.2, -0.15) is 0 Å². The third-order valence-electron chi connectivity index (χ3n) is 5.10. The van der Waals surface area contributed by atoms with E-state index in [0.29, 0.717) is 45.8 Å². The van der Waals surface area contributed by atoms with Crippen molar-refractivity contribution in [3.05, 3.63) is 87.6 Å². The number of rotatable bonds is 6. The van der Waals surface area contributed by atoms with Gasteiger partial charge in [0.2, 0.25) is 5.78 Å². The largest absolute Gasteiger partial charge is 0.493 e. The Hall–Kier alpha value is -3.44. The van der Waals surface area contributed by atoms with Crippen LogP contribution in [0.3, 0.4) is 0 Å². The Morgan fingerprint density at radius 1 is 0.968 bits per heavy atom. The summed E-state index contributed by atoms with van der Waals surface area (Å²) >= 11 is 6.21. The first-order valence-electron chi connectivity index (χ1n) is 9.68. The van der Waals surface area contributed by atoms with Gasteiger partial charge in [-0.15, -0.1) is 0 Å². The van der Waals surface area contributed by atoms with Crippen molar-refractivity contribution in [2.75, 3.05) is 14.2 Å². The number of fused-ring (bicyclic) bond motifs is 1. The summed E-state index contributed by atoms with van der Waals surface area (Å²) in [6.45, 7) is 2.18. The number of ether oxygens (including phenoxy) is 4. The van der Waals surface area contributed by atoms with Crippen LogP contribution in [-0.4, -0.2) is 20.0 Å². The number of Topliss-reactive ketones (excluding diaryl/α,β-unsaturated/α-hetero) is 1. The SMILES string of the molecule is COc1cccc(/C=C2\Oc3c(ccc(OCc4ccccc4Cl)c3C)C2=O)c1OC.